The summed E-state index contributed by atoms with van der Waals surface area (Å²) >= 11 is 0. The average molecular weight is 136 g/mol. The minimum atomic E-state index is 1.12. The maximum absolute atomic E-state index is 2.27. The summed E-state index contributed by atoms with van der Waals surface area (Å²) in [6.07, 6.45) is 9.18. The molecular formula is C8H12Si. The molecule has 0 aromatic carbocycles. The molecule has 1 rings (SSSR count). The fourth-order valence-corrected chi connectivity index (χ4v) is 1.53. The number of rotatable bonds is 3. The van der Waals surface area contributed by atoms with Gasteiger partial charge in [-0.2, -0.15) is 0 Å². The Morgan fingerprint density at radius 2 is 2.56 bits per heavy atom. The minimum Gasteiger partial charge on any atom is -0.0805 e. The first-order valence-electron chi connectivity index (χ1n) is 3.42. The van der Waals surface area contributed by atoms with Crippen LogP contribution < -0.4 is 0 Å². The smallest absolute Gasteiger partial charge is 0.0346 e. The molecule has 1 aliphatic carbocycles. The Morgan fingerprint density at radius 1 is 1.67 bits per heavy atom. The highest BCUT2D eigenvalue weighted by atomic mass is 28.2. The van der Waals surface area contributed by atoms with Crippen LogP contribution in [-0.2, 0) is 0 Å². The van der Waals surface area contributed by atoms with Gasteiger partial charge in [-0.1, -0.05) is 36.4 Å². The lowest BCUT2D eigenvalue weighted by atomic mass is 10.2. The van der Waals surface area contributed by atoms with Gasteiger partial charge in [0.05, 0.1) is 0 Å². The van der Waals surface area contributed by atoms with Gasteiger partial charge >= 0.3 is 0 Å². The third kappa shape index (κ3) is 2.18. The zero-order valence-electron chi connectivity index (χ0n) is 5.85. The average Bonchev–Trinajstić information content (AvgIpc) is 2.34. The van der Waals surface area contributed by atoms with Crippen LogP contribution in [0.25, 0.3) is 0 Å². The zero-order chi connectivity index (χ0) is 6.53. The summed E-state index contributed by atoms with van der Waals surface area (Å²) in [6.45, 7) is 2.27. The lowest BCUT2D eigenvalue weighted by molar-refractivity contribution is 1.04. The van der Waals surface area contributed by atoms with Crippen molar-refractivity contribution in [2.45, 2.75) is 25.4 Å². The standard InChI is InChI=1S/C8H12Si/c1-9-7-6-8-4-2-3-5-8/h2-4H,5-7H2,1H3. The van der Waals surface area contributed by atoms with Gasteiger partial charge in [0.2, 0.25) is 0 Å². The van der Waals surface area contributed by atoms with Crippen molar-refractivity contribution >= 4 is 9.52 Å². The van der Waals surface area contributed by atoms with Crippen molar-refractivity contribution in [2.75, 3.05) is 0 Å². The van der Waals surface area contributed by atoms with Gasteiger partial charge in [-0.15, -0.1) is 0 Å². The van der Waals surface area contributed by atoms with Crippen molar-refractivity contribution < 1.29 is 0 Å². The molecule has 0 fully saturated rings. The van der Waals surface area contributed by atoms with E-state index in [2.05, 4.69) is 24.8 Å². The third-order valence-corrected chi connectivity index (χ3v) is 2.29. The summed E-state index contributed by atoms with van der Waals surface area (Å²) < 4.78 is 0. The minimum absolute atomic E-state index is 1.12. The van der Waals surface area contributed by atoms with Gasteiger partial charge in [-0.3, -0.25) is 0 Å². The maximum Gasteiger partial charge on any atom is 0.0346 e. The topological polar surface area (TPSA) is 0 Å². The molecule has 0 atom stereocenters. The molecule has 0 aromatic rings. The molecule has 0 spiro atoms. The molecule has 48 valence electrons. The molecule has 0 saturated heterocycles. The number of allylic oxidation sites excluding steroid dienone is 4. The molecular weight excluding hydrogens is 124 g/mol. The van der Waals surface area contributed by atoms with Crippen LogP contribution >= 0.6 is 0 Å². The summed E-state index contributed by atoms with van der Waals surface area (Å²) in [5.41, 5.74) is 1.62. The number of hydrogen-bond acceptors (Lipinski definition) is 0. The van der Waals surface area contributed by atoms with Crippen LogP contribution in [-0.4, -0.2) is 9.52 Å². The summed E-state index contributed by atoms with van der Waals surface area (Å²) in [4.78, 5) is 0. The van der Waals surface area contributed by atoms with Gasteiger partial charge < -0.3 is 0 Å². The van der Waals surface area contributed by atoms with E-state index in [-0.39, 0.29) is 0 Å². The molecule has 2 radical (unpaired) electrons. The molecule has 1 heteroatoms. The van der Waals surface area contributed by atoms with Gasteiger partial charge in [0, 0.05) is 9.52 Å². The Kier molecular flexibility index (Phi) is 2.78. The van der Waals surface area contributed by atoms with E-state index < -0.39 is 0 Å². The van der Waals surface area contributed by atoms with E-state index in [1.165, 1.54) is 18.9 Å². The normalized spacial score (nSPS) is 16.3. The molecule has 1 aliphatic rings. The second-order valence-corrected chi connectivity index (χ2v) is 3.52. The van der Waals surface area contributed by atoms with Crippen LogP contribution in [0.2, 0.25) is 12.6 Å². The van der Waals surface area contributed by atoms with Crippen LogP contribution in [0.3, 0.4) is 0 Å². The predicted octanol–water partition coefficient (Wildman–Crippen LogP) is 2.43. The third-order valence-electron chi connectivity index (χ3n) is 1.54. The molecule has 0 aliphatic heterocycles. The highest BCUT2D eigenvalue weighted by Gasteiger charge is 1.96. The lowest BCUT2D eigenvalue weighted by Gasteiger charge is -1.96. The molecule has 0 N–H and O–H groups in total. The van der Waals surface area contributed by atoms with Gasteiger partial charge in [-0.05, 0) is 12.8 Å². The van der Waals surface area contributed by atoms with Crippen LogP contribution in [0, 0.1) is 0 Å². The van der Waals surface area contributed by atoms with Crippen molar-refractivity contribution in [2.24, 2.45) is 0 Å². The van der Waals surface area contributed by atoms with Crippen LogP contribution in [0.15, 0.2) is 23.8 Å². The van der Waals surface area contributed by atoms with Gasteiger partial charge in [-0.25, -0.2) is 0 Å². The quantitative estimate of drug-likeness (QED) is 0.523. The molecule has 0 bridgehead atoms. The van der Waals surface area contributed by atoms with Crippen molar-refractivity contribution in [3.8, 4) is 0 Å². The second kappa shape index (κ2) is 3.67. The van der Waals surface area contributed by atoms with Crippen molar-refractivity contribution in [1.82, 2.24) is 0 Å². The SMILES string of the molecule is C[Si]CCC1=CC=CC1. The van der Waals surface area contributed by atoms with Gasteiger partial charge in [0.25, 0.3) is 0 Å². The Labute approximate surface area is 59.5 Å². The van der Waals surface area contributed by atoms with Crippen molar-refractivity contribution in [3.63, 3.8) is 0 Å². The van der Waals surface area contributed by atoms with Crippen LogP contribution in [0.4, 0.5) is 0 Å². The first-order chi connectivity index (χ1) is 4.43. The van der Waals surface area contributed by atoms with E-state index in [1.54, 1.807) is 5.57 Å². The maximum atomic E-state index is 2.27. The van der Waals surface area contributed by atoms with Crippen molar-refractivity contribution in [1.29, 1.82) is 0 Å². The monoisotopic (exact) mass is 136 g/mol. The Hall–Kier alpha value is -0.303. The molecule has 0 amide bonds. The Balaban J connectivity index is 2.14. The Morgan fingerprint density at radius 3 is 3.11 bits per heavy atom. The van der Waals surface area contributed by atoms with E-state index in [4.69, 9.17) is 0 Å². The highest BCUT2D eigenvalue weighted by Crippen LogP contribution is 2.15. The van der Waals surface area contributed by atoms with Crippen LogP contribution in [0.1, 0.15) is 12.8 Å². The van der Waals surface area contributed by atoms with E-state index in [0.717, 1.165) is 9.52 Å². The van der Waals surface area contributed by atoms with Gasteiger partial charge in [0.1, 0.15) is 0 Å². The van der Waals surface area contributed by atoms with Crippen LogP contribution in [0.5, 0.6) is 0 Å². The molecule has 0 unspecified atom stereocenters. The van der Waals surface area contributed by atoms with Crippen molar-refractivity contribution in [3.05, 3.63) is 23.8 Å². The first-order valence-corrected chi connectivity index (χ1v) is 5.13. The molecule has 0 aromatic heterocycles. The fraction of sp³-hybridized carbons (Fsp3) is 0.500. The molecule has 0 saturated carbocycles. The fourth-order valence-electron chi connectivity index (χ4n) is 0.963. The van der Waals surface area contributed by atoms with E-state index >= 15 is 0 Å². The zero-order valence-corrected chi connectivity index (χ0v) is 6.85. The summed E-state index contributed by atoms with van der Waals surface area (Å²) in [6, 6.07) is 1.38. The summed E-state index contributed by atoms with van der Waals surface area (Å²) in [7, 11) is 1.12. The predicted molar refractivity (Wildman–Crippen MR) is 42.9 cm³/mol. The molecule has 0 heterocycles. The van der Waals surface area contributed by atoms with E-state index in [1.807, 2.05) is 0 Å². The van der Waals surface area contributed by atoms with E-state index in [0.29, 0.717) is 0 Å². The highest BCUT2D eigenvalue weighted by molar-refractivity contribution is 6.33. The number of hydrogen-bond donors (Lipinski definition) is 0. The lowest BCUT2D eigenvalue weighted by Crippen LogP contribution is -1.83. The molecule has 9 heavy (non-hydrogen) atoms. The summed E-state index contributed by atoms with van der Waals surface area (Å²) in [5, 5.41) is 0. The molecule has 0 nitrogen and oxygen atoms in total. The first kappa shape index (κ1) is 6.81. The summed E-state index contributed by atoms with van der Waals surface area (Å²) in [5.74, 6) is 0. The second-order valence-electron chi connectivity index (χ2n) is 2.31. The van der Waals surface area contributed by atoms with Gasteiger partial charge in [0.15, 0.2) is 0 Å². The Bertz CT molecular complexity index is 134. The van der Waals surface area contributed by atoms with E-state index in [9.17, 15) is 0 Å². The largest absolute Gasteiger partial charge is 0.0805 e.